The molecule has 0 radical (unpaired) electrons. The predicted octanol–water partition coefficient (Wildman–Crippen LogP) is 4.59. The van der Waals surface area contributed by atoms with E-state index in [1.807, 2.05) is 0 Å². The number of alkyl halides is 3. The van der Waals surface area contributed by atoms with Gasteiger partial charge in [0.1, 0.15) is 30.0 Å². The molecule has 5 rings (SSSR count). The molecule has 3 heterocycles. The third kappa shape index (κ3) is 6.60. The summed E-state index contributed by atoms with van der Waals surface area (Å²) in [6.45, 7) is 0.641. The number of rotatable bonds is 7. The maximum atomic E-state index is 14.3. The van der Waals surface area contributed by atoms with Gasteiger partial charge in [0, 0.05) is 36.3 Å². The van der Waals surface area contributed by atoms with E-state index in [-0.39, 0.29) is 36.8 Å². The molecule has 3 aliphatic rings. The Kier molecular flexibility index (Phi) is 8.34. The van der Waals surface area contributed by atoms with Crippen molar-refractivity contribution in [1.29, 1.82) is 0 Å². The summed E-state index contributed by atoms with van der Waals surface area (Å²) >= 11 is 0. The van der Waals surface area contributed by atoms with Crippen molar-refractivity contribution in [3.63, 3.8) is 0 Å². The SMILES string of the molecule is O=C(Cc1ccc(OC2CCNCC2)cc1OCC(F)(F)F)N1CCC(N2C(=O)OCc3c(F)cccc32)CC1. The van der Waals surface area contributed by atoms with E-state index in [2.05, 4.69) is 5.32 Å². The van der Waals surface area contributed by atoms with Crippen LogP contribution in [0.15, 0.2) is 36.4 Å². The van der Waals surface area contributed by atoms with Gasteiger partial charge in [0.15, 0.2) is 6.61 Å². The van der Waals surface area contributed by atoms with Crippen LogP contribution in [0, 0.1) is 5.82 Å². The Morgan fingerprint density at radius 2 is 1.82 bits per heavy atom. The van der Waals surface area contributed by atoms with E-state index < -0.39 is 24.7 Å². The molecule has 2 fully saturated rings. The van der Waals surface area contributed by atoms with Crippen molar-refractivity contribution in [2.75, 3.05) is 37.7 Å². The van der Waals surface area contributed by atoms with Crippen LogP contribution in [0.2, 0.25) is 0 Å². The van der Waals surface area contributed by atoms with E-state index in [1.54, 1.807) is 29.2 Å². The van der Waals surface area contributed by atoms with E-state index in [9.17, 15) is 27.2 Å². The van der Waals surface area contributed by atoms with Crippen molar-refractivity contribution in [2.45, 2.75) is 57.0 Å². The van der Waals surface area contributed by atoms with E-state index in [0.29, 0.717) is 48.5 Å². The van der Waals surface area contributed by atoms with Crippen molar-refractivity contribution in [3.05, 3.63) is 53.3 Å². The third-order valence-corrected chi connectivity index (χ3v) is 7.43. The molecular weight excluding hydrogens is 534 g/mol. The Bertz CT molecular complexity index is 1230. The summed E-state index contributed by atoms with van der Waals surface area (Å²) in [7, 11) is 0. The summed E-state index contributed by atoms with van der Waals surface area (Å²) in [5.74, 6) is -0.360. The van der Waals surface area contributed by atoms with Crippen LogP contribution in [-0.2, 0) is 22.6 Å². The highest BCUT2D eigenvalue weighted by molar-refractivity contribution is 5.91. The lowest BCUT2D eigenvalue weighted by Crippen LogP contribution is -2.50. The normalized spacial score (nSPS) is 18.8. The largest absolute Gasteiger partial charge is 0.490 e. The molecule has 40 heavy (non-hydrogen) atoms. The summed E-state index contributed by atoms with van der Waals surface area (Å²) in [6, 6.07) is 8.89. The number of nitrogens with one attached hydrogen (secondary N) is 1. The van der Waals surface area contributed by atoms with E-state index >= 15 is 0 Å². The fourth-order valence-corrected chi connectivity index (χ4v) is 5.37. The van der Waals surface area contributed by atoms with Gasteiger partial charge in [-0.1, -0.05) is 12.1 Å². The Morgan fingerprint density at radius 3 is 2.55 bits per heavy atom. The average Bonchev–Trinajstić information content (AvgIpc) is 2.93. The highest BCUT2D eigenvalue weighted by Crippen LogP contribution is 2.34. The molecule has 8 nitrogen and oxygen atoms in total. The molecule has 216 valence electrons. The van der Waals surface area contributed by atoms with Crippen molar-refractivity contribution in [3.8, 4) is 11.5 Å². The second-order valence-corrected chi connectivity index (χ2v) is 10.2. The Labute approximate surface area is 229 Å². The standard InChI is InChI=1S/C28H31F4N3O5/c29-23-2-1-3-24-22(23)16-38-27(37)35(24)19-8-12-34(13-9-19)26(36)14-18-4-5-21(40-20-6-10-33-11-7-20)15-25(18)39-17-28(30,31)32/h1-5,15,19-20,33H,6-14,16-17H2. The van der Waals surface area contributed by atoms with Crippen molar-refractivity contribution in [1.82, 2.24) is 10.2 Å². The molecule has 0 atom stereocenters. The van der Waals surface area contributed by atoms with Gasteiger partial charge in [-0.05, 0) is 57.0 Å². The lowest BCUT2D eigenvalue weighted by Gasteiger charge is -2.40. The van der Waals surface area contributed by atoms with E-state index in [0.717, 1.165) is 25.9 Å². The number of benzene rings is 2. The first-order chi connectivity index (χ1) is 19.2. The fourth-order valence-electron chi connectivity index (χ4n) is 5.37. The van der Waals surface area contributed by atoms with Gasteiger partial charge in [0.05, 0.1) is 12.1 Å². The Morgan fingerprint density at radius 1 is 1.07 bits per heavy atom. The molecule has 3 aliphatic heterocycles. The number of carbonyl (C=O) groups excluding carboxylic acids is 2. The zero-order valence-electron chi connectivity index (χ0n) is 21.8. The first kappa shape index (κ1) is 28.0. The maximum absolute atomic E-state index is 14.3. The van der Waals surface area contributed by atoms with Gasteiger partial charge in [0.2, 0.25) is 5.91 Å². The molecule has 0 bridgehead atoms. The smallest absolute Gasteiger partial charge is 0.422 e. The quantitative estimate of drug-likeness (QED) is 0.495. The predicted molar refractivity (Wildman–Crippen MR) is 137 cm³/mol. The van der Waals surface area contributed by atoms with Gasteiger partial charge >= 0.3 is 12.3 Å². The third-order valence-electron chi connectivity index (χ3n) is 7.43. The molecule has 0 aromatic heterocycles. The summed E-state index contributed by atoms with van der Waals surface area (Å²) in [5.41, 5.74) is 1.12. The zero-order chi connectivity index (χ0) is 28.3. The Balaban J connectivity index is 1.24. The number of ether oxygens (including phenoxy) is 3. The minimum Gasteiger partial charge on any atom is -0.490 e. The van der Waals surface area contributed by atoms with Crippen molar-refractivity contribution in [2.24, 2.45) is 0 Å². The number of hydrogen-bond donors (Lipinski definition) is 1. The zero-order valence-corrected chi connectivity index (χ0v) is 21.8. The molecule has 0 saturated carbocycles. The minimum atomic E-state index is -4.54. The van der Waals surface area contributed by atoms with Crippen LogP contribution in [0.5, 0.6) is 11.5 Å². The van der Waals surface area contributed by atoms with Crippen molar-refractivity contribution < 1.29 is 41.4 Å². The van der Waals surface area contributed by atoms with Gasteiger partial charge < -0.3 is 24.4 Å². The summed E-state index contributed by atoms with van der Waals surface area (Å²) in [4.78, 5) is 28.8. The molecule has 2 amide bonds. The van der Waals surface area contributed by atoms with Crippen LogP contribution in [0.1, 0.15) is 36.8 Å². The van der Waals surface area contributed by atoms with Gasteiger partial charge in [-0.15, -0.1) is 0 Å². The number of cyclic esters (lactones) is 1. The number of piperidine rings is 2. The van der Waals surface area contributed by atoms with Crippen LogP contribution in [0.4, 0.5) is 28.0 Å². The number of anilines is 1. The van der Waals surface area contributed by atoms with Gasteiger partial charge in [-0.2, -0.15) is 13.2 Å². The lowest BCUT2D eigenvalue weighted by atomic mass is 9.99. The summed E-state index contributed by atoms with van der Waals surface area (Å²) in [6.07, 6.45) is -2.84. The van der Waals surface area contributed by atoms with E-state index in [4.69, 9.17) is 14.2 Å². The topological polar surface area (TPSA) is 80.3 Å². The van der Waals surface area contributed by atoms with Crippen LogP contribution < -0.4 is 19.7 Å². The number of hydrogen-bond acceptors (Lipinski definition) is 6. The highest BCUT2D eigenvalue weighted by atomic mass is 19.4. The molecule has 2 saturated heterocycles. The second kappa shape index (κ2) is 11.9. The fraction of sp³-hybridized carbons (Fsp3) is 0.500. The van der Waals surface area contributed by atoms with Crippen LogP contribution in [0.3, 0.4) is 0 Å². The molecule has 0 unspecified atom stereocenters. The maximum Gasteiger partial charge on any atom is 0.422 e. The number of carbonyl (C=O) groups is 2. The first-order valence-electron chi connectivity index (χ1n) is 13.4. The number of fused-ring (bicyclic) bond motifs is 1. The van der Waals surface area contributed by atoms with Crippen LogP contribution in [0.25, 0.3) is 0 Å². The number of amides is 2. The molecule has 0 aliphatic carbocycles. The molecular formula is C28H31F4N3O5. The first-order valence-corrected chi connectivity index (χ1v) is 13.4. The number of nitrogens with zero attached hydrogens (tertiary/aromatic N) is 2. The highest BCUT2D eigenvalue weighted by Gasteiger charge is 2.36. The summed E-state index contributed by atoms with van der Waals surface area (Å²) < 4.78 is 69.3. The monoisotopic (exact) mass is 565 g/mol. The van der Waals surface area contributed by atoms with E-state index in [1.165, 1.54) is 17.0 Å². The molecule has 0 spiro atoms. The lowest BCUT2D eigenvalue weighted by molar-refractivity contribution is -0.153. The van der Waals surface area contributed by atoms with Crippen molar-refractivity contribution >= 4 is 17.7 Å². The molecule has 12 heteroatoms. The molecule has 2 aromatic rings. The number of likely N-dealkylation sites (tertiary alicyclic amines) is 1. The summed E-state index contributed by atoms with van der Waals surface area (Å²) in [5, 5.41) is 3.23. The number of halogens is 4. The van der Waals surface area contributed by atoms with Crippen LogP contribution in [-0.4, -0.2) is 68.0 Å². The molecule has 1 N–H and O–H groups in total. The van der Waals surface area contributed by atoms with Gasteiger partial charge in [-0.25, -0.2) is 9.18 Å². The molecule has 2 aromatic carbocycles. The minimum absolute atomic E-state index is 0.0401. The van der Waals surface area contributed by atoms with Gasteiger partial charge in [-0.3, -0.25) is 9.69 Å². The average molecular weight is 566 g/mol. The van der Waals surface area contributed by atoms with Crippen LogP contribution >= 0.6 is 0 Å². The Hall–Kier alpha value is -3.54. The second-order valence-electron chi connectivity index (χ2n) is 10.2. The van der Waals surface area contributed by atoms with Gasteiger partial charge in [0.25, 0.3) is 0 Å².